The van der Waals surface area contributed by atoms with Gasteiger partial charge in [-0.2, -0.15) is 0 Å². The van der Waals surface area contributed by atoms with Crippen LogP contribution in [0, 0.1) is 0 Å². The number of hydrogen-bond acceptors (Lipinski definition) is 4. The van der Waals surface area contributed by atoms with Gasteiger partial charge in [0.1, 0.15) is 17.5 Å². The summed E-state index contributed by atoms with van der Waals surface area (Å²) in [7, 11) is 3.34. The second-order valence-electron chi connectivity index (χ2n) is 5.75. The molecule has 1 amide bonds. The average molecular weight is 290 g/mol. The number of ether oxygens (including phenoxy) is 2. The van der Waals surface area contributed by atoms with E-state index in [0.717, 1.165) is 37.1 Å². The number of nitrogens with zero attached hydrogens (tertiary/aromatic N) is 1. The Morgan fingerprint density at radius 3 is 2.57 bits per heavy atom. The molecule has 1 N–H and O–H groups in total. The van der Waals surface area contributed by atoms with Gasteiger partial charge in [-0.3, -0.25) is 10.1 Å². The van der Waals surface area contributed by atoms with Crippen LogP contribution in [0.2, 0.25) is 0 Å². The molecule has 1 aromatic carbocycles. The molecule has 1 heterocycles. The maximum absolute atomic E-state index is 12.6. The smallest absolute Gasteiger partial charge is 0.244 e. The van der Waals surface area contributed by atoms with Crippen molar-refractivity contribution < 1.29 is 14.3 Å². The molecule has 1 saturated carbocycles. The molecule has 0 radical (unpaired) electrons. The average Bonchev–Trinajstić information content (AvgIpc) is 3.25. The van der Waals surface area contributed by atoms with Crippen molar-refractivity contribution in [1.29, 1.82) is 0 Å². The van der Waals surface area contributed by atoms with Gasteiger partial charge in [0.05, 0.1) is 7.11 Å². The van der Waals surface area contributed by atoms with E-state index >= 15 is 0 Å². The highest BCUT2D eigenvalue weighted by Crippen LogP contribution is 2.46. The quantitative estimate of drug-likeness (QED) is 0.810. The van der Waals surface area contributed by atoms with Crippen molar-refractivity contribution >= 4 is 5.91 Å². The van der Waals surface area contributed by atoms with Crippen molar-refractivity contribution in [1.82, 2.24) is 10.2 Å². The highest BCUT2D eigenvalue weighted by molar-refractivity contribution is 5.92. The number of methoxy groups -OCH3 is 2. The van der Waals surface area contributed by atoms with Crippen molar-refractivity contribution in [2.45, 2.75) is 31.0 Å². The number of amides is 1. The Labute approximate surface area is 125 Å². The molecule has 2 fully saturated rings. The van der Waals surface area contributed by atoms with Crippen LogP contribution >= 0.6 is 0 Å². The second kappa shape index (κ2) is 5.66. The van der Waals surface area contributed by atoms with Crippen LogP contribution < -0.4 is 10.1 Å². The van der Waals surface area contributed by atoms with Crippen LogP contribution in [0.3, 0.4) is 0 Å². The lowest BCUT2D eigenvalue weighted by Crippen LogP contribution is -2.33. The van der Waals surface area contributed by atoms with Gasteiger partial charge in [0.2, 0.25) is 5.91 Å². The molecule has 5 nitrogen and oxygen atoms in total. The standard InChI is InChI=1S/C16H22N2O3/c1-20-11-3-10-18-14(17-16(8-9-16)15(18)19)12-4-6-13(21-2)7-5-12/h4-7,14,17H,3,8-11H2,1-2H3. The lowest BCUT2D eigenvalue weighted by atomic mass is 10.1. The zero-order valence-electron chi connectivity index (χ0n) is 12.6. The summed E-state index contributed by atoms with van der Waals surface area (Å²) in [4.78, 5) is 14.5. The number of hydrogen-bond donors (Lipinski definition) is 1. The van der Waals surface area contributed by atoms with Crippen LogP contribution in [-0.4, -0.2) is 43.7 Å². The van der Waals surface area contributed by atoms with E-state index in [1.165, 1.54) is 0 Å². The van der Waals surface area contributed by atoms with E-state index in [4.69, 9.17) is 9.47 Å². The monoisotopic (exact) mass is 290 g/mol. The summed E-state index contributed by atoms with van der Waals surface area (Å²) in [6.45, 7) is 1.39. The Morgan fingerprint density at radius 2 is 2.00 bits per heavy atom. The van der Waals surface area contributed by atoms with Crippen LogP contribution in [0.5, 0.6) is 5.75 Å². The molecule has 1 saturated heterocycles. The van der Waals surface area contributed by atoms with E-state index in [-0.39, 0.29) is 17.6 Å². The predicted molar refractivity (Wildman–Crippen MR) is 79.0 cm³/mol. The Morgan fingerprint density at radius 1 is 1.29 bits per heavy atom. The third-order valence-corrected chi connectivity index (χ3v) is 4.32. The van der Waals surface area contributed by atoms with Gasteiger partial charge in [-0.25, -0.2) is 0 Å². The number of rotatable bonds is 6. The second-order valence-corrected chi connectivity index (χ2v) is 5.75. The summed E-state index contributed by atoms with van der Waals surface area (Å²) >= 11 is 0. The highest BCUT2D eigenvalue weighted by Gasteiger charge is 2.59. The van der Waals surface area contributed by atoms with Gasteiger partial charge in [-0.05, 0) is 37.0 Å². The Hall–Kier alpha value is -1.59. The highest BCUT2D eigenvalue weighted by atomic mass is 16.5. The SMILES string of the molecule is COCCCN1C(=O)C2(CC2)NC1c1ccc(OC)cc1. The van der Waals surface area contributed by atoms with Crippen LogP contribution in [-0.2, 0) is 9.53 Å². The third kappa shape index (κ3) is 2.63. The number of nitrogens with one attached hydrogen (secondary N) is 1. The molecule has 1 aliphatic heterocycles. The van der Waals surface area contributed by atoms with Gasteiger partial charge in [-0.1, -0.05) is 12.1 Å². The molecule has 114 valence electrons. The topological polar surface area (TPSA) is 50.8 Å². The minimum atomic E-state index is -0.294. The summed E-state index contributed by atoms with van der Waals surface area (Å²) in [5.74, 6) is 1.06. The summed E-state index contributed by atoms with van der Waals surface area (Å²) in [5.41, 5.74) is 0.808. The van der Waals surface area contributed by atoms with Gasteiger partial charge in [0.15, 0.2) is 0 Å². The van der Waals surface area contributed by atoms with Crippen LogP contribution in [0.4, 0.5) is 0 Å². The van der Waals surface area contributed by atoms with Gasteiger partial charge in [-0.15, -0.1) is 0 Å². The van der Waals surface area contributed by atoms with Gasteiger partial charge < -0.3 is 14.4 Å². The molecule has 5 heteroatoms. The number of carbonyl (C=O) groups is 1. The van der Waals surface area contributed by atoms with Crippen molar-refractivity contribution in [3.8, 4) is 5.75 Å². The van der Waals surface area contributed by atoms with E-state index in [2.05, 4.69) is 5.32 Å². The molecular formula is C16H22N2O3. The molecule has 1 unspecified atom stereocenters. The molecule has 1 aromatic rings. The van der Waals surface area contributed by atoms with Gasteiger partial charge in [0, 0.05) is 20.3 Å². The predicted octanol–water partition coefficient (Wildman–Crippen LogP) is 1.69. The Balaban J connectivity index is 1.78. The first-order valence-corrected chi connectivity index (χ1v) is 7.42. The molecule has 21 heavy (non-hydrogen) atoms. The normalized spacial score (nSPS) is 22.9. The molecule has 0 bridgehead atoms. The zero-order chi connectivity index (χ0) is 14.9. The van der Waals surface area contributed by atoms with E-state index in [1.54, 1.807) is 14.2 Å². The van der Waals surface area contributed by atoms with Gasteiger partial charge >= 0.3 is 0 Å². The minimum Gasteiger partial charge on any atom is -0.497 e. The maximum atomic E-state index is 12.6. The lowest BCUT2D eigenvalue weighted by Gasteiger charge is -2.24. The van der Waals surface area contributed by atoms with Crippen LogP contribution in [0.15, 0.2) is 24.3 Å². The summed E-state index contributed by atoms with van der Waals surface area (Å²) in [5, 5.41) is 3.52. The fourth-order valence-electron chi connectivity index (χ4n) is 2.94. The molecule has 1 spiro atoms. The Kier molecular flexibility index (Phi) is 3.87. The van der Waals surface area contributed by atoms with Crippen molar-refractivity contribution in [3.05, 3.63) is 29.8 Å². The molecule has 1 atom stereocenters. The molecule has 1 aliphatic carbocycles. The fourth-order valence-corrected chi connectivity index (χ4v) is 2.94. The number of carbonyl (C=O) groups excluding carboxylic acids is 1. The van der Waals surface area contributed by atoms with Crippen molar-refractivity contribution in [3.63, 3.8) is 0 Å². The first kappa shape index (κ1) is 14.4. The lowest BCUT2D eigenvalue weighted by molar-refractivity contribution is -0.131. The van der Waals surface area contributed by atoms with Crippen LogP contribution in [0.25, 0.3) is 0 Å². The zero-order valence-corrected chi connectivity index (χ0v) is 12.6. The first-order valence-electron chi connectivity index (χ1n) is 7.42. The molecule has 3 rings (SSSR count). The van der Waals surface area contributed by atoms with Crippen molar-refractivity contribution in [2.24, 2.45) is 0 Å². The van der Waals surface area contributed by atoms with Crippen LogP contribution in [0.1, 0.15) is 31.0 Å². The molecule has 2 aliphatic rings. The maximum Gasteiger partial charge on any atom is 0.244 e. The van der Waals surface area contributed by atoms with E-state index < -0.39 is 0 Å². The van der Waals surface area contributed by atoms with Gasteiger partial charge in [0.25, 0.3) is 0 Å². The third-order valence-electron chi connectivity index (χ3n) is 4.32. The summed E-state index contributed by atoms with van der Waals surface area (Å²) < 4.78 is 10.3. The fraction of sp³-hybridized carbons (Fsp3) is 0.562. The van der Waals surface area contributed by atoms with E-state index in [9.17, 15) is 4.79 Å². The summed E-state index contributed by atoms with van der Waals surface area (Å²) in [6, 6.07) is 7.92. The molecule has 0 aromatic heterocycles. The largest absolute Gasteiger partial charge is 0.497 e. The van der Waals surface area contributed by atoms with Crippen molar-refractivity contribution in [2.75, 3.05) is 27.4 Å². The van der Waals surface area contributed by atoms with E-state index in [0.29, 0.717) is 6.61 Å². The summed E-state index contributed by atoms with van der Waals surface area (Å²) in [6.07, 6.45) is 2.70. The number of benzene rings is 1. The van der Waals surface area contributed by atoms with E-state index in [1.807, 2.05) is 29.2 Å². The Bertz CT molecular complexity index is 511. The minimum absolute atomic E-state index is 0.0391. The first-order chi connectivity index (χ1) is 10.2. The molecular weight excluding hydrogens is 268 g/mol.